The minimum Gasteiger partial charge on any atom is -0.379 e. The van der Waals surface area contributed by atoms with Crippen molar-refractivity contribution in [3.05, 3.63) is 0 Å². The summed E-state index contributed by atoms with van der Waals surface area (Å²) in [5.41, 5.74) is 0. The summed E-state index contributed by atoms with van der Waals surface area (Å²) in [5.74, 6) is 1.35. The van der Waals surface area contributed by atoms with Gasteiger partial charge in [0, 0.05) is 18.5 Å². The summed E-state index contributed by atoms with van der Waals surface area (Å²) in [7, 11) is 2.15. The van der Waals surface area contributed by atoms with Crippen LogP contribution in [-0.4, -0.2) is 43.6 Å². The van der Waals surface area contributed by atoms with Gasteiger partial charge in [0.15, 0.2) is 0 Å². The minimum absolute atomic E-state index is 0.589. The normalized spacial score (nSPS) is 13.9. The summed E-state index contributed by atoms with van der Waals surface area (Å²) >= 11 is 5.51. The highest BCUT2D eigenvalue weighted by atomic mass is 35.5. The Balaban J connectivity index is 3.46. The van der Waals surface area contributed by atoms with E-state index in [9.17, 15) is 0 Å². The summed E-state index contributed by atoms with van der Waals surface area (Å²) < 4.78 is 5.33. The van der Waals surface area contributed by atoms with Crippen LogP contribution in [0.15, 0.2) is 0 Å². The molecular weight excluding hydrogens is 198 g/mol. The molecule has 0 radical (unpaired) electrons. The second-order valence-electron chi connectivity index (χ2n) is 4.26. The van der Waals surface area contributed by atoms with E-state index in [-0.39, 0.29) is 0 Å². The van der Waals surface area contributed by atoms with Crippen molar-refractivity contribution in [2.45, 2.75) is 33.2 Å². The molecule has 0 aliphatic heterocycles. The first kappa shape index (κ1) is 14.2. The molecule has 0 aliphatic carbocycles. The van der Waals surface area contributed by atoms with Gasteiger partial charge < -0.3 is 9.64 Å². The maximum absolute atomic E-state index is 5.51. The van der Waals surface area contributed by atoms with E-state index in [1.165, 1.54) is 6.42 Å². The third-order valence-corrected chi connectivity index (χ3v) is 2.53. The number of hydrogen-bond acceptors (Lipinski definition) is 2. The first-order chi connectivity index (χ1) is 6.57. The smallest absolute Gasteiger partial charge is 0.0602 e. The average Bonchev–Trinajstić information content (AvgIpc) is 2.11. The number of rotatable bonds is 8. The van der Waals surface area contributed by atoms with E-state index in [1.54, 1.807) is 0 Å². The first-order valence-corrected chi connectivity index (χ1v) is 5.95. The Morgan fingerprint density at radius 1 is 1.21 bits per heavy atom. The Morgan fingerprint density at radius 3 is 2.36 bits per heavy atom. The summed E-state index contributed by atoms with van der Waals surface area (Å²) in [6.45, 7) is 9.22. The molecule has 14 heavy (non-hydrogen) atoms. The van der Waals surface area contributed by atoms with Crippen LogP contribution in [0.3, 0.4) is 0 Å². The van der Waals surface area contributed by atoms with Gasteiger partial charge in [-0.05, 0) is 26.3 Å². The lowest BCUT2D eigenvalue weighted by molar-refractivity contribution is 0.107. The van der Waals surface area contributed by atoms with E-state index in [1.807, 2.05) is 0 Å². The fourth-order valence-corrected chi connectivity index (χ4v) is 1.56. The number of ether oxygens (including phenoxy) is 1. The van der Waals surface area contributed by atoms with Gasteiger partial charge in [-0.1, -0.05) is 13.8 Å². The number of alkyl halides is 1. The Morgan fingerprint density at radius 2 is 1.86 bits per heavy atom. The molecule has 2 nitrogen and oxygen atoms in total. The lowest BCUT2D eigenvalue weighted by Crippen LogP contribution is -2.33. The molecule has 1 atom stereocenters. The van der Waals surface area contributed by atoms with Crippen molar-refractivity contribution in [3.63, 3.8) is 0 Å². The van der Waals surface area contributed by atoms with Crippen LogP contribution in [0.5, 0.6) is 0 Å². The van der Waals surface area contributed by atoms with Crippen LogP contribution in [0.1, 0.15) is 27.2 Å². The molecule has 0 aliphatic rings. The molecule has 0 saturated heterocycles. The molecule has 0 spiro atoms. The van der Waals surface area contributed by atoms with Crippen LogP contribution < -0.4 is 0 Å². The maximum Gasteiger partial charge on any atom is 0.0602 e. The third-order valence-electron chi connectivity index (χ3n) is 2.37. The van der Waals surface area contributed by atoms with Crippen molar-refractivity contribution in [1.82, 2.24) is 4.90 Å². The molecule has 0 heterocycles. The van der Waals surface area contributed by atoms with E-state index in [0.717, 1.165) is 19.1 Å². The van der Waals surface area contributed by atoms with Crippen molar-refractivity contribution in [1.29, 1.82) is 0 Å². The van der Waals surface area contributed by atoms with Crippen molar-refractivity contribution in [2.75, 3.05) is 32.7 Å². The largest absolute Gasteiger partial charge is 0.379 e. The van der Waals surface area contributed by atoms with Gasteiger partial charge in [0.1, 0.15) is 0 Å². The molecule has 0 rings (SSSR count). The van der Waals surface area contributed by atoms with Gasteiger partial charge in [0.25, 0.3) is 0 Å². The van der Waals surface area contributed by atoms with Crippen LogP contribution in [0.2, 0.25) is 0 Å². The lowest BCUT2D eigenvalue weighted by Gasteiger charge is -2.25. The number of hydrogen-bond donors (Lipinski definition) is 0. The molecule has 86 valence electrons. The van der Waals surface area contributed by atoms with E-state index >= 15 is 0 Å². The molecule has 3 heteroatoms. The topological polar surface area (TPSA) is 12.5 Å². The lowest BCUT2D eigenvalue weighted by atomic mass is 10.0. The van der Waals surface area contributed by atoms with E-state index in [4.69, 9.17) is 16.3 Å². The van der Waals surface area contributed by atoms with Crippen LogP contribution in [0, 0.1) is 5.92 Å². The summed E-state index contributed by atoms with van der Waals surface area (Å²) in [5, 5.41) is 0. The summed E-state index contributed by atoms with van der Waals surface area (Å²) in [4.78, 5) is 2.34. The zero-order valence-electron chi connectivity index (χ0n) is 9.92. The fourth-order valence-electron chi connectivity index (χ4n) is 1.45. The van der Waals surface area contributed by atoms with Crippen LogP contribution in [0.4, 0.5) is 0 Å². The highest BCUT2D eigenvalue weighted by molar-refractivity contribution is 6.17. The Kier molecular flexibility index (Phi) is 8.64. The van der Waals surface area contributed by atoms with Crippen LogP contribution in [0.25, 0.3) is 0 Å². The van der Waals surface area contributed by atoms with Crippen LogP contribution in [-0.2, 0) is 4.74 Å². The van der Waals surface area contributed by atoms with Crippen molar-refractivity contribution in [3.8, 4) is 0 Å². The zero-order valence-corrected chi connectivity index (χ0v) is 10.7. The molecule has 0 aromatic carbocycles. The van der Waals surface area contributed by atoms with Crippen molar-refractivity contribution in [2.24, 2.45) is 5.92 Å². The average molecular weight is 222 g/mol. The predicted octanol–water partition coefficient (Wildman–Crippen LogP) is 2.61. The molecule has 0 fully saturated rings. The molecular formula is C11H24ClNO. The molecule has 0 bridgehead atoms. The molecule has 0 N–H and O–H groups in total. The van der Waals surface area contributed by atoms with Crippen LogP contribution >= 0.6 is 11.6 Å². The van der Waals surface area contributed by atoms with Gasteiger partial charge in [-0.25, -0.2) is 0 Å². The zero-order chi connectivity index (χ0) is 11.0. The standard InChI is InChI=1S/C11H24ClNO/c1-10(2)9-11(3)13(4)6-8-14-7-5-12/h10-11H,5-9H2,1-4H3. The SMILES string of the molecule is CC(C)CC(C)N(C)CCOCCCl. The minimum atomic E-state index is 0.589. The van der Waals surface area contributed by atoms with Gasteiger partial charge in [0.05, 0.1) is 13.2 Å². The first-order valence-electron chi connectivity index (χ1n) is 5.41. The van der Waals surface area contributed by atoms with Gasteiger partial charge in [-0.2, -0.15) is 0 Å². The van der Waals surface area contributed by atoms with Gasteiger partial charge in [-0.15, -0.1) is 11.6 Å². The quantitative estimate of drug-likeness (QED) is 0.462. The van der Waals surface area contributed by atoms with Crippen molar-refractivity contribution < 1.29 is 4.74 Å². The Bertz CT molecular complexity index is 130. The highest BCUT2D eigenvalue weighted by Crippen LogP contribution is 2.08. The second kappa shape index (κ2) is 8.51. The summed E-state index contributed by atoms with van der Waals surface area (Å²) in [6.07, 6.45) is 1.24. The van der Waals surface area contributed by atoms with Gasteiger partial charge in [0.2, 0.25) is 0 Å². The Labute approximate surface area is 93.6 Å². The van der Waals surface area contributed by atoms with Gasteiger partial charge >= 0.3 is 0 Å². The predicted molar refractivity (Wildman–Crippen MR) is 63.1 cm³/mol. The molecule has 0 aromatic rings. The molecule has 0 saturated carbocycles. The van der Waals surface area contributed by atoms with E-state index in [2.05, 4.69) is 32.7 Å². The molecule has 1 unspecified atom stereocenters. The Hall–Kier alpha value is 0.210. The monoisotopic (exact) mass is 221 g/mol. The number of halogens is 1. The van der Waals surface area contributed by atoms with E-state index in [0.29, 0.717) is 18.5 Å². The summed E-state index contributed by atoms with van der Waals surface area (Å²) in [6, 6.07) is 0.634. The molecule has 0 aromatic heterocycles. The van der Waals surface area contributed by atoms with E-state index < -0.39 is 0 Å². The molecule has 0 amide bonds. The van der Waals surface area contributed by atoms with Gasteiger partial charge in [-0.3, -0.25) is 0 Å². The number of nitrogens with zero attached hydrogens (tertiary/aromatic N) is 1. The highest BCUT2D eigenvalue weighted by Gasteiger charge is 2.10. The second-order valence-corrected chi connectivity index (χ2v) is 4.64. The fraction of sp³-hybridized carbons (Fsp3) is 1.00. The number of likely N-dealkylation sites (N-methyl/N-ethyl adjacent to an activating group) is 1. The van der Waals surface area contributed by atoms with Crippen molar-refractivity contribution >= 4 is 11.6 Å². The third kappa shape index (κ3) is 7.60. The maximum atomic E-state index is 5.51.